The van der Waals surface area contributed by atoms with E-state index in [1.54, 1.807) is 0 Å². The van der Waals surface area contributed by atoms with E-state index < -0.39 is 6.04 Å². The molecule has 5 rings (SSSR count). The molecular weight excluding hydrogens is 336 g/mol. The molecule has 4 aliphatic rings. The van der Waals surface area contributed by atoms with Crippen LogP contribution >= 0.6 is 0 Å². The highest BCUT2D eigenvalue weighted by molar-refractivity contribution is 5.90. The zero-order valence-electron chi connectivity index (χ0n) is 16.5. The average Bonchev–Trinajstić information content (AvgIpc) is 2.63. The Morgan fingerprint density at radius 1 is 1.00 bits per heavy atom. The highest BCUT2D eigenvalue weighted by Gasteiger charge is 2.55. The molecule has 0 spiro atoms. The van der Waals surface area contributed by atoms with Crippen molar-refractivity contribution >= 4 is 11.8 Å². The first-order valence-corrected chi connectivity index (χ1v) is 10.6. The molecule has 0 unspecified atom stereocenters. The van der Waals surface area contributed by atoms with Crippen LogP contribution in [0.4, 0.5) is 0 Å². The van der Waals surface area contributed by atoms with E-state index in [1.807, 2.05) is 44.2 Å². The summed E-state index contributed by atoms with van der Waals surface area (Å²) in [7, 11) is 0. The largest absolute Gasteiger partial charge is 0.350 e. The summed E-state index contributed by atoms with van der Waals surface area (Å²) in [5.41, 5.74) is 0.863. The Kier molecular flexibility index (Phi) is 5.00. The molecule has 0 saturated heterocycles. The molecule has 4 fully saturated rings. The summed E-state index contributed by atoms with van der Waals surface area (Å²) in [6.07, 6.45) is 7.04. The minimum absolute atomic E-state index is 0.0682. The lowest BCUT2D eigenvalue weighted by atomic mass is 9.49. The van der Waals surface area contributed by atoms with Crippen LogP contribution in [0.5, 0.6) is 0 Å². The minimum Gasteiger partial charge on any atom is -0.350 e. The molecule has 2 amide bonds. The zero-order chi connectivity index (χ0) is 19.0. The van der Waals surface area contributed by atoms with Crippen LogP contribution in [-0.4, -0.2) is 17.9 Å². The van der Waals surface area contributed by atoms with E-state index in [-0.39, 0.29) is 23.1 Å². The number of hydrogen-bond donors (Lipinski definition) is 2. The van der Waals surface area contributed by atoms with Gasteiger partial charge in [-0.1, -0.05) is 44.2 Å². The molecule has 0 aromatic heterocycles. The fraction of sp³-hybridized carbons (Fsp3) is 0.652. The first-order valence-electron chi connectivity index (χ1n) is 10.6. The monoisotopic (exact) mass is 368 g/mol. The van der Waals surface area contributed by atoms with Crippen molar-refractivity contribution in [1.82, 2.24) is 10.6 Å². The summed E-state index contributed by atoms with van der Waals surface area (Å²) in [5.74, 6) is 2.31. The Morgan fingerprint density at radius 3 is 2.07 bits per heavy atom. The van der Waals surface area contributed by atoms with Crippen molar-refractivity contribution in [1.29, 1.82) is 0 Å². The van der Waals surface area contributed by atoms with Gasteiger partial charge >= 0.3 is 0 Å². The molecule has 0 heterocycles. The van der Waals surface area contributed by atoms with E-state index >= 15 is 0 Å². The van der Waals surface area contributed by atoms with Gasteiger partial charge in [-0.3, -0.25) is 9.59 Å². The van der Waals surface area contributed by atoms with Crippen molar-refractivity contribution in [3.8, 4) is 0 Å². The minimum atomic E-state index is -0.464. The van der Waals surface area contributed by atoms with Crippen LogP contribution in [-0.2, 0) is 16.1 Å². The fourth-order valence-electron chi connectivity index (χ4n) is 6.11. The second-order valence-electron chi connectivity index (χ2n) is 9.60. The third-order valence-corrected chi connectivity index (χ3v) is 7.07. The second kappa shape index (κ2) is 7.29. The molecule has 2 N–H and O–H groups in total. The van der Waals surface area contributed by atoms with Gasteiger partial charge in [0.05, 0.1) is 0 Å². The van der Waals surface area contributed by atoms with Crippen LogP contribution in [0, 0.1) is 29.1 Å². The van der Waals surface area contributed by atoms with Crippen molar-refractivity contribution in [2.24, 2.45) is 29.1 Å². The summed E-state index contributed by atoms with van der Waals surface area (Å²) in [6.45, 7) is 4.51. The van der Waals surface area contributed by atoms with Crippen molar-refractivity contribution in [2.75, 3.05) is 0 Å². The standard InChI is InChI=1S/C23H32N2O2/c1-15(2)20(21(26)24-14-16-6-4-3-5-7-16)25-22(27)23-11-17-8-18(12-23)10-19(9-17)13-23/h3-7,15,17-20H,8-14H2,1-2H3,(H,24,26)(H,25,27)/t17?,18?,19?,20-,23?/m1/s1. The smallest absolute Gasteiger partial charge is 0.243 e. The molecule has 4 heteroatoms. The van der Waals surface area contributed by atoms with E-state index in [1.165, 1.54) is 19.3 Å². The molecule has 1 aromatic carbocycles. The highest BCUT2D eigenvalue weighted by atomic mass is 16.2. The van der Waals surface area contributed by atoms with Crippen LogP contribution < -0.4 is 10.6 Å². The maximum atomic E-state index is 13.3. The Hall–Kier alpha value is -1.84. The van der Waals surface area contributed by atoms with Gasteiger partial charge in [-0.15, -0.1) is 0 Å². The molecule has 146 valence electrons. The summed E-state index contributed by atoms with van der Waals surface area (Å²) in [4.78, 5) is 26.1. The maximum absolute atomic E-state index is 13.3. The average molecular weight is 369 g/mol. The normalized spacial score (nSPS) is 32.3. The molecule has 4 saturated carbocycles. The lowest BCUT2D eigenvalue weighted by Gasteiger charge is -2.55. The summed E-state index contributed by atoms with van der Waals surface area (Å²) in [6, 6.07) is 9.44. The lowest BCUT2D eigenvalue weighted by molar-refractivity contribution is -0.149. The molecule has 4 nitrogen and oxygen atoms in total. The molecule has 1 atom stereocenters. The molecule has 0 radical (unpaired) electrons. The Labute approximate surface area is 162 Å². The van der Waals surface area contributed by atoms with Crippen molar-refractivity contribution in [2.45, 2.75) is 65.0 Å². The molecular formula is C23H32N2O2. The fourth-order valence-corrected chi connectivity index (χ4v) is 6.11. The van der Waals surface area contributed by atoms with E-state index in [0.717, 1.165) is 42.6 Å². The van der Waals surface area contributed by atoms with Gasteiger partial charge in [0.1, 0.15) is 6.04 Å². The first kappa shape index (κ1) is 18.5. The SMILES string of the molecule is CC(C)[C@@H](NC(=O)C12CC3CC(CC(C3)C1)C2)C(=O)NCc1ccccc1. The van der Waals surface area contributed by atoms with Gasteiger partial charge < -0.3 is 10.6 Å². The molecule has 1 aromatic rings. The van der Waals surface area contributed by atoms with Gasteiger partial charge in [-0.05, 0) is 67.8 Å². The van der Waals surface area contributed by atoms with Crippen LogP contribution in [0.15, 0.2) is 30.3 Å². The predicted molar refractivity (Wildman–Crippen MR) is 106 cm³/mol. The lowest BCUT2D eigenvalue weighted by Crippen LogP contribution is -2.58. The predicted octanol–water partition coefficient (Wildman–Crippen LogP) is 3.66. The third-order valence-electron chi connectivity index (χ3n) is 7.07. The first-order chi connectivity index (χ1) is 12.9. The van der Waals surface area contributed by atoms with Crippen molar-refractivity contribution in [3.63, 3.8) is 0 Å². The number of amides is 2. The van der Waals surface area contributed by atoms with Crippen LogP contribution in [0.1, 0.15) is 57.9 Å². The Bertz CT molecular complexity index is 662. The van der Waals surface area contributed by atoms with Crippen molar-refractivity contribution < 1.29 is 9.59 Å². The number of carbonyl (C=O) groups excluding carboxylic acids is 2. The van der Waals surface area contributed by atoms with E-state index in [2.05, 4.69) is 10.6 Å². The number of hydrogen-bond acceptors (Lipinski definition) is 2. The number of benzene rings is 1. The van der Waals surface area contributed by atoms with Crippen molar-refractivity contribution in [3.05, 3.63) is 35.9 Å². The molecule has 27 heavy (non-hydrogen) atoms. The summed E-state index contributed by atoms with van der Waals surface area (Å²) < 4.78 is 0. The van der Waals surface area contributed by atoms with E-state index in [0.29, 0.717) is 6.54 Å². The number of nitrogens with one attached hydrogen (secondary N) is 2. The van der Waals surface area contributed by atoms with Crippen LogP contribution in [0.25, 0.3) is 0 Å². The van der Waals surface area contributed by atoms with E-state index in [9.17, 15) is 9.59 Å². The number of rotatable bonds is 6. The van der Waals surface area contributed by atoms with Gasteiger partial charge in [0.15, 0.2) is 0 Å². The molecule has 0 aliphatic heterocycles. The highest BCUT2D eigenvalue weighted by Crippen LogP contribution is 2.60. The van der Waals surface area contributed by atoms with E-state index in [4.69, 9.17) is 0 Å². The van der Waals surface area contributed by atoms with Gasteiger partial charge in [0, 0.05) is 12.0 Å². The summed E-state index contributed by atoms with van der Waals surface area (Å²) in [5, 5.41) is 6.16. The topological polar surface area (TPSA) is 58.2 Å². The Balaban J connectivity index is 1.40. The van der Waals surface area contributed by atoms with Gasteiger partial charge in [0.25, 0.3) is 0 Å². The van der Waals surface area contributed by atoms with Gasteiger partial charge in [-0.2, -0.15) is 0 Å². The molecule has 4 aliphatic carbocycles. The summed E-state index contributed by atoms with van der Waals surface area (Å²) >= 11 is 0. The van der Waals surface area contributed by atoms with Crippen LogP contribution in [0.3, 0.4) is 0 Å². The third kappa shape index (κ3) is 3.76. The Morgan fingerprint density at radius 2 is 1.56 bits per heavy atom. The van der Waals surface area contributed by atoms with Crippen LogP contribution in [0.2, 0.25) is 0 Å². The zero-order valence-corrected chi connectivity index (χ0v) is 16.5. The quantitative estimate of drug-likeness (QED) is 0.805. The van der Waals surface area contributed by atoms with Gasteiger partial charge in [-0.25, -0.2) is 0 Å². The second-order valence-corrected chi connectivity index (χ2v) is 9.60. The van der Waals surface area contributed by atoms with Gasteiger partial charge in [0.2, 0.25) is 11.8 Å². The molecule has 4 bridgehead atoms. The number of carbonyl (C=O) groups is 2. The maximum Gasteiger partial charge on any atom is 0.243 e.